The largest absolute Gasteiger partial charge is 0.488 e. The molecule has 4 heteroatoms. The molecule has 1 aromatic rings. The van der Waals surface area contributed by atoms with Gasteiger partial charge in [-0.25, -0.2) is 0 Å². The molecule has 0 aromatic heterocycles. The van der Waals surface area contributed by atoms with Gasteiger partial charge in [-0.15, -0.1) is 0 Å². The minimum absolute atomic E-state index is 0.315. The maximum atomic E-state index is 11.8. The van der Waals surface area contributed by atoms with Crippen molar-refractivity contribution >= 4 is 12.6 Å². The van der Waals surface area contributed by atoms with Crippen LogP contribution in [0.5, 0.6) is 0 Å². The standard InChI is InChI=1S/C9H12BFO2/c11-7-1-2-8-3-5-9(6-4-8)10(12)13/h3-6,12-13H,1-2,7H2. The molecule has 0 saturated carbocycles. The van der Waals surface area contributed by atoms with E-state index in [9.17, 15) is 4.39 Å². The first-order valence-electron chi connectivity index (χ1n) is 4.25. The average Bonchev–Trinajstić information content (AvgIpc) is 2.15. The Balaban J connectivity index is 2.59. The fourth-order valence-electron chi connectivity index (χ4n) is 1.13. The molecule has 0 amide bonds. The molecule has 0 fully saturated rings. The van der Waals surface area contributed by atoms with E-state index in [0.29, 0.717) is 18.3 Å². The highest BCUT2D eigenvalue weighted by Crippen LogP contribution is 2.01. The van der Waals surface area contributed by atoms with Gasteiger partial charge in [0.15, 0.2) is 0 Å². The average molecular weight is 182 g/mol. The summed E-state index contributed by atoms with van der Waals surface area (Å²) in [5.74, 6) is 0. The van der Waals surface area contributed by atoms with Gasteiger partial charge in [0.25, 0.3) is 0 Å². The van der Waals surface area contributed by atoms with Crippen LogP contribution in [0.15, 0.2) is 24.3 Å². The second kappa shape index (κ2) is 4.99. The van der Waals surface area contributed by atoms with E-state index in [1.807, 2.05) is 0 Å². The van der Waals surface area contributed by atoms with Gasteiger partial charge in [0.2, 0.25) is 0 Å². The quantitative estimate of drug-likeness (QED) is 0.656. The molecule has 70 valence electrons. The monoisotopic (exact) mass is 182 g/mol. The Morgan fingerprint density at radius 3 is 2.23 bits per heavy atom. The molecular formula is C9H12BFO2. The van der Waals surface area contributed by atoms with Crippen molar-refractivity contribution < 1.29 is 14.4 Å². The zero-order valence-electron chi connectivity index (χ0n) is 7.28. The van der Waals surface area contributed by atoms with Gasteiger partial charge in [-0.05, 0) is 23.9 Å². The molecule has 0 bridgehead atoms. The predicted molar refractivity (Wildman–Crippen MR) is 50.6 cm³/mol. The van der Waals surface area contributed by atoms with Crippen LogP contribution in [-0.2, 0) is 6.42 Å². The zero-order valence-corrected chi connectivity index (χ0v) is 7.28. The van der Waals surface area contributed by atoms with Crippen LogP contribution < -0.4 is 5.46 Å². The molecule has 0 saturated heterocycles. The molecule has 2 nitrogen and oxygen atoms in total. The van der Waals surface area contributed by atoms with E-state index in [4.69, 9.17) is 10.0 Å². The summed E-state index contributed by atoms with van der Waals surface area (Å²) >= 11 is 0. The summed E-state index contributed by atoms with van der Waals surface area (Å²) in [4.78, 5) is 0. The molecule has 2 N–H and O–H groups in total. The fourth-order valence-corrected chi connectivity index (χ4v) is 1.13. The first kappa shape index (κ1) is 10.2. The Kier molecular flexibility index (Phi) is 3.92. The van der Waals surface area contributed by atoms with Crippen molar-refractivity contribution in [2.45, 2.75) is 12.8 Å². The van der Waals surface area contributed by atoms with Crippen molar-refractivity contribution in [2.75, 3.05) is 6.67 Å². The highest BCUT2D eigenvalue weighted by Gasteiger charge is 2.09. The number of aryl methyl sites for hydroxylation is 1. The minimum Gasteiger partial charge on any atom is -0.423 e. The van der Waals surface area contributed by atoms with Gasteiger partial charge in [0.05, 0.1) is 6.67 Å². The number of alkyl halides is 1. The van der Waals surface area contributed by atoms with E-state index >= 15 is 0 Å². The highest BCUT2D eigenvalue weighted by molar-refractivity contribution is 6.58. The third-order valence-electron chi connectivity index (χ3n) is 1.88. The lowest BCUT2D eigenvalue weighted by atomic mass is 9.80. The molecule has 0 atom stereocenters. The van der Waals surface area contributed by atoms with Crippen molar-refractivity contribution in [1.29, 1.82) is 0 Å². The topological polar surface area (TPSA) is 40.5 Å². The summed E-state index contributed by atoms with van der Waals surface area (Å²) in [6.45, 7) is -0.315. The van der Waals surface area contributed by atoms with Gasteiger partial charge >= 0.3 is 7.12 Å². The van der Waals surface area contributed by atoms with Crippen LogP contribution in [0.4, 0.5) is 4.39 Å². The summed E-state index contributed by atoms with van der Waals surface area (Å²) < 4.78 is 11.8. The number of benzene rings is 1. The van der Waals surface area contributed by atoms with Crippen molar-refractivity contribution in [3.63, 3.8) is 0 Å². The molecule has 0 aliphatic carbocycles. The van der Waals surface area contributed by atoms with E-state index in [2.05, 4.69) is 0 Å². The van der Waals surface area contributed by atoms with Gasteiger partial charge in [-0.1, -0.05) is 24.3 Å². The molecule has 0 unspecified atom stereocenters. The maximum absolute atomic E-state index is 11.8. The van der Waals surface area contributed by atoms with E-state index < -0.39 is 7.12 Å². The third-order valence-corrected chi connectivity index (χ3v) is 1.88. The summed E-state index contributed by atoms with van der Waals surface area (Å²) in [6.07, 6.45) is 1.21. The maximum Gasteiger partial charge on any atom is 0.488 e. The molecule has 0 radical (unpaired) electrons. The van der Waals surface area contributed by atoms with Crippen molar-refractivity contribution in [2.24, 2.45) is 0 Å². The molecule has 0 heterocycles. The van der Waals surface area contributed by atoms with Gasteiger partial charge in [-0.3, -0.25) is 4.39 Å². The smallest absolute Gasteiger partial charge is 0.423 e. The van der Waals surface area contributed by atoms with E-state index in [1.165, 1.54) is 0 Å². The fraction of sp³-hybridized carbons (Fsp3) is 0.333. The molecule has 1 aromatic carbocycles. The number of hydrogen-bond acceptors (Lipinski definition) is 2. The molecule has 0 aliphatic heterocycles. The lowest BCUT2D eigenvalue weighted by Gasteiger charge is -2.01. The van der Waals surface area contributed by atoms with Crippen LogP contribution in [0, 0.1) is 0 Å². The lowest BCUT2D eigenvalue weighted by molar-refractivity contribution is 0.425. The summed E-state index contributed by atoms with van der Waals surface area (Å²) in [5.41, 5.74) is 1.48. The number of hydrogen-bond donors (Lipinski definition) is 2. The first-order chi connectivity index (χ1) is 6.24. The van der Waals surface area contributed by atoms with Crippen LogP contribution in [0.2, 0.25) is 0 Å². The molecule has 0 aliphatic rings. The van der Waals surface area contributed by atoms with Crippen molar-refractivity contribution in [3.05, 3.63) is 29.8 Å². The van der Waals surface area contributed by atoms with Crippen LogP contribution in [0.1, 0.15) is 12.0 Å². The van der Waals surface area contributed by atoms with Crippen molar-refractivity contribution in [3.8, 4) is 0 Å². The van der Waals surface area contributed by atoms with Gasteiger partial charge in [-0.2, -0.15) is 0 Å². The Labute approximate surface area is 77.2 Å². The summed E-state index contributed by atoms with van der Waals surface area (Å²) in [7, 11) is -1.42. The summed E-state index contributed by atoms with van der Waals surface area (Å²) in [5, 5.41) is 17.6. The van der Waals surface area contributed by atoms with Crippen LogP contribution in [0.25, 0.3) is 0 Å². The van der Waals surface area contributed by atoms with Gasteiger partial charge in [0.1, 0.15) is 0 Å². The van der Waals surface area contributed by atoms with E-state index in [1.54, 1.807) is 24.3 Å². The van der Waals surface area contributed by atoms with Crippen molar-refractivity contribution in [1.82, 2.24) is 0 Å². The number of rotatable bonds is 4. The summed E-state index contributed by atoms with van der Waals surface area (Å²) in [6, 6.07) is 6.84. The Morgan fingerprint density at radius 1 is 1.15 bits per heavy atom. The normalized spacial score (nSPS) is 10.1. The van der Waals surface area contributed by atoms with Gasteiger partial charge < -0.3 is 10.0 Å². The van der Waals surface area contributed by atoms with E-state index in [-0.39, 0.29) is 6.67 Å². The molecule has 1 rings (SSSR count). The van der Waals surface area contributed by atoms with Gasteiger partial charge in [0, 0.05) is 0 Å². The van der Waals surface area contributed by atoms with Crippen LogP contribution in [0.3, 0.4) is 0 Å². The minimum atomic E-state index is -1.42. The molecule has 0 spiro atoms. The SMILES string of the molecule is OB(O)c1ccc(CCCF)cc1. The lowest BCUT2D eigenvalue weighted by Crippen LogP contribution is -2.29. The van der Waals surface area contributed by atoms with E-state index in [0.717, 1.165) is 5.56 Å². The highest BCUT2D eigenvalue weighted by atomic mass is 19.1. The second-order valence-corrected chi connectivity index (χ2v) is 2.91. The third kappa shape index (κ3) is 3.16. The zero-order chi connectivity index (χ0) is 9.68. The molecule has 13 heavy (non-hydrogen) atoms. The Morgan fingerprint density at radius 2 is 1.77 bits per heavy atom. The Bertz CT molecular complexity index is 248. The van der Waals surface area contributed by atoms with Crippen LogP contribution in [-0.4, -0.2) is 23.8 Å². The predicted octanol–water partition coefficient (Wildman–Crippen LogP) is 0.268. The first-order valence-corrected chi connectivity index (χ1v) is 4.25. The molecular weight excluding hydrogens is 170 g/mol. The van der Waals surface area contributed by atoms with Crippen LogP contribution >= 0.6 is 0 Å². The Hall–Kier alpha value is -0.865. The second-order valence-electron chi connectivity index (χ2n) is 2.91. The number of halogens is 1.